The molecule has 1 aliphatic heterocycles. The fourth-order valence-electron chi connectivity index (χ4n) is 5.12. The molecular formula is C23H35N3O2. The molecule has 5 heteroatoms. The van der Waals surface area contributed by atoms with Crippen LogP contribution in [0.5, 0.6) is 0 Å². The van der Waals surface area contributed by atoms with Gasteiger partial charge in [0.05, 0.1) is 17.1 Å². The van der Waals surface area contributed by atoms with Crippen molar-refractivity contribution in [3.8, 4) is 0 Å². The third-order valence-corrected chi connectivity index (χ3v) is 6.77. The molecule has 2 aromatic rings. The molecule has 0 radical (unpaired) electrons. The summed E-state index contributed by atoms with van der Waals surface area (Å²) in [6.07, 6.45) is 9.63. The molecule has 28 heavy (non-hydrogen) atoms. The van der Waals surface area contributed by atoms with Crippen LogP contribution >= 0.6 is 0 Å². The summed E-state index contributed by atoms with van der Waals surface area (Å²) in [6.45, 7) is 7.44. The first-order chi connectivity index (χ1) is 13.7. The average Bonchev–Trinajstić information content (AvgIpc) is 3.07. The van der Waals surface area contributed by atoms with Gasteiger partial charge in [-0.15, -0.1) is 0 Å². The van der Waals surface area contributed by atoms with E-state index in [-0.39, 0.29) is 5.69 Å². The van der Waals surface area contributed by atoms with E-state index in [9.17, 15) is 4.79 Å². The quantitative estimate of drug-likeness (QED) is 0.808. The Morgan fingerprint density at radius 2 is 1.79 bits per heavy atom. The van der Waals surface area contributed by atoms with Crippen LogP contribution in [0.4, 0.5) is 0 Å². The van der Waals surface area contributed by atoms with Crippen molar-refractivity contribution in [2.75, 3.05) is 19.7 Å². The normalized spacial score (nSPS) is 24.8. The molecule has 0 unspecified atom stereocenters. The largest absolute Gasteiger partial charge is 0.378 e. The molecule has 1 saturated carbocycles. The van der Waals surface area contributed by atoms with E-state index in [4.69, 9.17) is 4.74 Å². The molecular weight excluding hydrogens is 350 g/mol. The lowest BCUT2D eigenvalue weighted by molar-refractivity contribution is 0.00254. The number of benzene rings is 1. The van der Waals surface area contributed by atoms with Gasteiger partial charge in [0.25, 0.3) is 0 Å². The SMILES string of the molecule is CCCO[C@H]1CC[C@H](N2CCC(n3c(=O)[nH]c4ccc(CC)cc43)CC2)CC1. The van der Waals surface area contributed by atoms with Gasteiger partial charge in [-0.2, -0.15) is 0 Å². The number of aromatic nitrogens is 2. The lowest BCUT2D eigenvalue weighted by Gasteiger charge is -2.41. The van der Waals surface area contributed by atoms with Crippen molar-refractivity contribution >= 4 is 11.0 Å². The van der Waals surface area contributed by atoms with Crippen LogP contribution in [0.3, 0.4) is 0 Å². The highest BCUT2D eigenvalue weighted by Gasteiger charge is 2.30. The summed E-state index contributed by atoms with van der Waals surface area (Å²) in [5, 5.41) is 0. The molecule has 0 atom stereocenters. The van der Waals surface area contributed by atoms with E-state index in [0.717, 1.165) is 56.4 Å². The summed E-state index contributed by atoms with van der Waals surface area (Å²) in [6, 6.07) is 7.38. The maximum absolute atomic E-state index is 12.6. The van der Waals surface area contributed by atoms with Crippen molar-refractivity contribution < 1.29 is 4.74 Å². The van der Waals surface area contributed by atoms with Crippen LogP contribution in [0, 0.1) is 0 Å². The van der Waals surface area contributed by atoms with Crippen LogP contribution in [-0.2, 0) is 11.2 Å². The summed E-state index contributed by atoms with van der Waals surface area (Å²) >= 11 is 0. The number of imidazole rings is 1. The Morgan fingerprint density at radius 3 is 2.46 bits per heavy atom. The molecule has 2 aliphatic rings. The topological polar surface area (TPSA) is 50.3 Å². The highest BCUT2D eigenvalue weighted by molar-refractivity contribution is 5.76. The van der Waals surface area contributed by atoms with Crippen molar-refractivity contribution in [3.05, 3.63) is 34.2 Å². The Labute approximate surface area is 168 Å². The van der Waals surface area contributed by atoms with Gasteiger partial charge in [-0.1, -0.05) is 19.9 Å². The number of fused-ring (bicyclic) bond motifs is 1. The molecule has 1 saturated heterocycles. The van der Waals surface area contributed by atoms with E-state index in [2.05, 4.69) is 41.9 Å². The molecule has 1 aliphatic carbocycles. The number of H-pyrrole nitrogens is 1. The Kier molecular flexibility index (Phi) is 6.22. The van der Waals surface area contributed by atoms with Crippen molar-refractivity contribution in [2.24, 2.45) is 0 Å². The smallest absolute Gasteiger partial charge is 0.326 e. The van der Waals surface area contributed by atoms with Crippen molar-refractivity contribution in [1.29, 1.82) is 0 Å². The van der Waals surface area contributed by atoms with Gasteiger partial charge in [-0.05, 0) is 69.1 Å². The van der Waals surface area contributed by atoms with Crippen molar-refractivity contribution in [2.45, 2.75) is 83.4 Å². The van der Waals surface area contributed by atoms with Gasteiger partial charge in [-0.25, -0.2) is 4.79 Å². The maximum Gasteiger partial charge on any atom is 0.326 e. The van der Waals surface area contributed by atoms with Crippen LogP contribution in [0.1, 0.15) is 70.4 Å². The van der Waals surface area contributed by atoms with Gasteiger partial charge in [-0.3, -0.25) is 4.57 Å². The summed E-state index contributed by atoms with van der Waals surface area (Å²) in [4.78, 5) is 18.3. The second kappa shape index (κ2) is 8.83. The highest BCUT2D eigenvalue weighted by atomic mass is 16.5. The van der Waals surface area contributed by atoms with Gasteiger partial charge < -0.3 is 14.6 Å². The summed E-state index contributed by atoms with van der Waals surface area (Å²) < 4.78 is 7.98. The first kappa shape index (κ1) is 19.7. The number of piperidine rings is 1. The molecule has 1 aromatic heterocycles. The minimum Gasteiger partial charge on any atom is -0.378 e. The van der Waals surface area contributed by atoms with Gasteiger partial charge in [0.15, 0.2) is 0 Å². The van der Waals surface area contributed by atoms with Crippen LogP contribution < -0.4 is 5.69 Å². The fraction of sp³-hybridized carbons (Fsp3) is 0.696. The van der Waals surface area contributed by atoms with Crippen LogP contribution in [0.15, 0.2) is 23.0 Å². The lowest BCUT2D eigenvalue weighted by Crippen LogP contribution is -2.45. The lowest BCUT2D eigenvalue weighted by atomic mass is 9.90. The van der Waals surface area contributed by atoms with Gasteiger partial charge >= 0.3 is 5.69 Å². The Morgan fingerprint density at radius 1 is 1.04 bits per heavy atom. The van der Waals surface area contributed by atoms with E-state index in [1.807, 2.05) is 4.57 Å². The zero-order valence-electron chi connectivity index (χ0n) is 17.5. The van der Waals surface area contributed by atoms with E-state index in [0.29, 0.717) is 18.2 Å². The third kappa shape index (κ3) is 4.06. The molecule has 154 valence electrons. The predicted octanol–water partition coefficient (Wildman–Crippen LogP) is 4.27. The monoisotopic (exact) mass is 385 g/mol. The average molecular weight is 386 g/mol. The zero-order valence-corrected chi connectivity index (χ0v) is 17.5. The minimum atomic E-state index is 0.0512. The molecule has 1 aromatic carbocycles. The molecule has 2 fully saturated rings. The number of nitrogens with zero attached hydrogens (tertiary/aromatic N) is 2. The van der Waals surface area contributed by atoms with Crippen molar-refractivity contribution in [3.63, 3.8) is 0 Å². The minimum absolute atomic E-state index is 0.0512. The van der Waals surface area contributed by atoms with Gasteiger partial charge in [0, 0.05) is 31.8 Å². The Balaban J connectivity index is 1.38. The van der Waals surface area contributed by atoms with Gasteiger partial charge in [0.2, 0.25) is 0 Å². The van der Waals surface area contributed by atoms with E-state index < -0.39 is 0 Å². The second-order valence-corrected chi connectivity index (χ2v) is 8.57. The van der Waals surface area contributed by atoms with Crippen LogP contribution in [0.2, 0.25) is 0 Å². The van der Waals surface area contributed by atoms with E-state index >= 15 is 0 Å². The number of hydrogen-bond donors (Lipinski definition) is 1. The molecule has 2 heterocycles. The first-order valence-corrected chi connectivity index (χ1v) is 11.3. The fourth-order valence-corrected chi connectivity index (χ4v) is 5.12. The highest BCUT2D eigenvalue weighted by Crippen LogP contribution is 2.31. The van der Waals surface area contributed by atoms with Crippen LogP contribution in [0.25, 0.3) is 11.0 Å². The Hall–Kier alpha value is -1.59. The molecule has 0 amide bonds. The number of rotatable bonds is 6. The summed E-state index contributed by atoms with van der Waals surface area (Å²) in [5.74, 6) is 0. The Bertz CT molecular complexity index is 824. The summed E-state index contributed by atoms with van der Waals surface area (Å²) in [7, 11) is 0. The molecule has 4 rings (SSSR count). The predicted molar refractivity (Wildman–Crippen MR) is 114 cm³/mol. The number of hydrogen-bond acceptors (Lipinski definition) is 3. The molecule has 0 spiro atoms. The standard InChI is InChI=1S/C23H35N3O2/c1-3-15-28-20-8-6-18(7-9-20)25-13-11-19(12-14-25)26-22-16-17(4-2)5-10-21(22)24-23(26)27/h5,10,16,18-20H,3-4,6-9,11-15H2,1-2H3,(H,24,27)/t18-,20-. The molecule has 1 N–H and O–H groups in total. The molecule has 0 bridgehead atoms. The van der Waals surface area contributed by atoms with Gasteiger partial charge in [0.1, 0.15) is 0 Å². The zero-order chi connectivity index (χ0) is 19.5. The molecule has 5 nitrogen and oxygen atoms in total. The summed E-state index contributed by atoms with van der Waals surface area (Å²) in [5.41, 5.74) is 3.39. The number of nitrogens with one attached hydrogen (secondary N) is 1. The third-order valence-electron chi connectivity index (χ3n) is 6.77. The number of likely N-dealkylation sites (tertiary alicyclic amines) is 1. The van der Waals surface area contributed by atoms with E-state index in [1.54, 1.807) is 0 Å². The number of aromatic amines is 1. The number of ether oxygens (including phenoxy) is 1. The van der Waals surface area contributed by atoms with E-state index in [1.165, 1.54) is 31.2 Å². The number of aryl methyl sites for hydroxylation is 1. The maximum atomic E-state index is 12.6. The van der Waals surface area contributed by atoms with Crippen LogP contribution in [-0.4, -0.2) is 46.3 Å². The van der Waals surface area contributed by atoms with Crippen molar-refractivity contribution in [1.82, 2.24) is 14.5 Å². The first-order valence-electron chi connectivity index (χ1n) is 11.3. The second-order valence-electron chi connectivity index (χ2n) is 8.57.